The molecule has 1 aromatic rings. The van der Waals surface area contributed by atoms with Gasteiger partial charge in [-0.15, -0.1) is 0 Å². The van der Waals surface area contributed by atoms with Crippen LogP contribution in [0.15, 0.2) is 18.2 Å². The molecule has 0 fully saturated rings. The molecule has 74 valence electrons. The van der Waals surface area contributed by atoms with Gasteiger partial charge in [0.05, 0.1) is 0 Å². The summed E-state index contributed by atoms with van der Waals surface area (Å²) in [7, 11) is 0. The van der Waals surface area contributed by atoms with Crippen molar-refractivity contribution in [2.24, 2.45) is 0 Å². The molecule has 0 heterocycles. The highest BCUT2D eigenvalue weighted by atomic mass is 16.4. The molecule has 1 aromatic carbocycles. The van der Waals surface area contributed by atoms with E-state index < -0.39 is 11.8 Å². The Morgan fingerprint density at radius 3 is 2.36 bits per heavy atom. The maximum atomic E-state index is 10.8. The molecular formula is C9H8O5. The fourth-order valence-electron chi connectivity index (χ4n) is 0.950. The van der Waals surface area contributed by atoms with Crippen LogP contribution in [0.1, 0.15) is 5.56 Å². The van der Waals surface area contributed by atoms with Gasteiger partial charge < -0.3 is 15.3 Å². The molecule has 0 aliphatic heterocycles. The van der Waals surface area contributed by atoms with E-state index in [2.05, 4.69) is 0 Å². The molecule has 0 amide bonds. The zero-order valence-corrected chi connectivity index (χ0v) is 7.10. The maximum absolute atomic E-state index is 10.8. The lowest BCUT2D eigenvalue weighted by atomic mass is 10.1. The second-order valence-corrected chi connectivity index (χ2v) is 2.72. The number of aromatic hydroxyl groups is 2. The molecule has 0 unspecified atom stereocenters. The molecule has 0 bridgehead atoms. The summed E-state index contributed by atoms with van der Waals surface area (Å²) in [4.78, 5) is 21.0. The number of hydrogen-bond donors (Lipinski definition) is 3. The molecule has 0 atom stereocenters. The third-order valence-corrected chi connectivity index (χ3v) is 1.66. The van der Waals surface area contributed by atoms with Gasteiger partial charge in [0.1, 0.15) is 11.5 Å². The second kappa shape index (κ2) is 3.78. The number of phenols is 2. The van der Waals surface area contributed by atoms with Gasteiger partial charge in [0, 0.05) is 18.1 Å². The van der Waals surface area contributed by atoms with Gasteiger partial charge in [-0.2, -0.15) is 0 Å². The average Bonchev–Trinajstić information content (AvgIpc) is 2.09. The molecule has 14 heavy (non-hydrogen) atoms. The van der Waals surface area contributed by atoms with Crippen molar-refractivity contribution in [2.45, 2.75) is 6.42 Å². The Labute approximate surface area is 79.2 Å². The molecule has 0 aromatic heterocycles. The summed E-state index contributed by atoms with van der Waals surface area (Å²) in [6, 6.07) is 3.61. The summed E-state index contributed by atoms with van der Waals surface area (Å²) in [5, 5.41) is 26.4. The predicted molar refractivity (Wildman–Crippen MR) is 46.1 cm³/mol. The van der Waals surface area contributed by atoms with Crippen molar-refractivity contribution in [1.82, 2.24) is 0 Å². The Kier molecular flexibility index (Phi) is 2.71. The number of hydrogen-bond acceptors (Lipinski definition) is 4. The van der Waals surface area contributed by atoms with Gasteiger partial charge in [-0.25, -0.2) is 4.79 Å². The topological polar surface area (TPSA) is 94.8 Å². The van der Waals surface area contributed by atoms with E-state index in [-0.39, 0.29) is 23.5 Å². The van der Waals surface area contributed by atoms with Gasteiger partial charge in [-0.05, 0) is 6.07 Å². The lowest BCUT2D eigenvalue weighted by Gasteiger charge is -2.01. The number of Topliss-reactive ketones (excluding diaryl/α,β-unsaturated/α-hetero) is 1. The minimum Gasteiger partial charge on any atom is -0.508 e. The number of rotatable bonds is 3. The lowest BCUT2D eigenvalue weighted by Crippen LogP contribution is -2.14. The quantitative estimate of drug-likeness (QED) is 0.604. The van der Waals surface area contributed by atoms with Crippen molar-refractivity contribution in [1.29, 1.82) is 0 Å². The molecular weight excluding hydrogens is 188 g/mol. The van der Waals surface area contributed by atoms with Crippen LogP contribution in [0.4, 0.5) is 0 Å². The SMILES string of the molecule is O=C(O)C(=O)Cc1ccc(O)cc1O. The highest BCUT2D eigenvalue weighted by Gasteiger charge is 2.14. The number of benzene rings is 1. The Balaban J connectivity index is 2.87. The number of carboxylic acids is 1. The van der Waals surface area contributed by atoms with E-state index in [1.54, 1.807) is 0 Å². The van der Waals surface area contributed by atoms with Crippen molar-refractivity contribution >= 4 is 11.8 Å². The average molecular weight is 196 g/mol. The summed E-state index contributed by atoms with van der Waals surface area (Å²) in [5.41, 5.74) is 0.176. The molecule has 0 saturated carbocycles. The smallest absolute Gasteiger partial charge is 0.372 e. The lowest BCUT2D eigenvalue weighted by molar-refractivity contribution is -0.148. The third kappa shape index (κ3) is 2.22. The fraction of sp³-hybridized carbons (Fsp3) is 0.111. The minimum atomic E-state index is -1.54. The zero-order valence-electron chi connectivity index (χ0n) is 7.10. The van der Waals surface area contributed by atoms with Crippen LogP contribution in [-0.4, -0.2) is 27.1 Å². The monoisotopic (exact) mass is 196 g/mol. The van der Waals surface area contributed by atoms with Gasteiger partial charge >= 0.3 is 5.97 Å². The molecule has 0 aliphatic rings. The van der Waals surface area contributed by atoms with Crippen molar-refractivity contribution in [3.63, 3.8) is 0 Å². The first-order valence-corrected chi connectivity index (χ1v) is 3.77. The van der Waals surface area contributed by atoms with E-state index >= 15 is 0 Å². The molecule has 1 rings (SSSR count). The Morgan fingerprint density at radius 1 is 1.21 bits per heavy atom. The number of carboxylic acid groups (broad SMARTS) is 1. The number of ketones is 1. The van der Waals surface area contributed by atoms with Crippen LogP contribution < -0.4 is 0 Å². The molecule has 0 radical (unpaired) electrons. The van der Waals surface area contributed by atoms with Crippen LogP contribution in [0.3, 0.4) is 0 Å². The van der Waals surface area contributed by atoms with E-state index in [1.165, 1.54) is 12.1 Å². The van der Waals surface area contributed by atoms with Gasteiger partial charge in [0.25, 0.3) is 0 Å². The normalized spacial score (nSPS) is 9.71. The predicted octanol–water partition coefficient (Wildman–Crippen LogP) is 0.294. The van der Waals surface area contributed by atoms with Crippen molar-refractivity contribution in [2.75, 3.05) is 0 Å². The van der Waals surface area contributed by atoms with Crippen LogP contribution in [0, 0.1) is 0 Å². The largest absolute Gasteiger partial charge is 0.508 e. The molecule has 0 spiro atoms. The Morgan fingerprint density at radius 2 is 1.86 bits per heavy atom. The molecule has 3 N–H and O–H groups in total. The van der Waals surface area contributed by atoms with Crippen molar-refractivity contribution in [3.8, 4) is 11.5 Å². The number of phenolic OH excluding ortho intramolecular Hbond substituents is 2. The first-order valence-electron chi connectivity index (χ1n) is 3.77. The molecule has 5 nitrogen and oxygen atoms in total. The summed E-state index contributed by atoms with van der Waals surface area (Å²) in [5.74, 6) is -2.99. The maximum Gasteiger partial charge on any atom is 0.372 e. The first kappa shape index (κ1) is 10.0. The number of aliphatic carboxylic acids is 1. The minimum absolute atomic E-state index is 0.144. The summed E-state index contributed by atoms with van der Waals surface area (Å²) in [6.45, 7) is 0. The van der Waals surface area contributed by atoms with E-state index in [4.69, 9.17) is 10.2 Å². The molecule has 5 heteroatoms. The van der Waals surface area contributed by atoms with E-state index in [0.717, 1.165) is 6.07 Å². The third-order valence-electron chi connectivity index (χ3n) is 1.66. The van der Waals surface area contributed by atoms with Crippen molar-refractivity contribution in [3.05, 3.63) is 23.8 Å². The van der Waals surface area contributed by atoms with Crippen LogP contribution in [0.25, 0.3) is 0 Å². The van der Waals surface area contributed by atoms with Gasteiger partial charge in [0.15, 0.2) is 0 Å². The summed E-state index contributed by atoms with van der Waals surface area (Å²) < 4.78 is 0. The highest BCUT2D eigenvalue weighted by Crippen LogP contribution is 2.22. The number of carbonyl (C=O) groups excluding carboxylic acids is 1. The first-order chi connectivity index (χ1) is 6.50. The second-order valence-electron chi connectivity index (χ2n) is 2.72. The van der Waals surface area contributed by atoms with E-state index in [1.807, 2.05) is 0 Å². The van der Waals surface area contributed by atoms with E-state index in [0.29, 0.717) is 0 Å². The summed E-state index contributed by atoms with van der Waals surface area (Å²) >= 11 is 0. The molecule has 0 aliphatic carbocycles. The van der Waals surface area contributed by atoms with Gasteiger partial charge in [-0.1, -0.05) is 6.07 Å². The zero-order chi connectivity index (χ0) is 10.7. The van der Waals surface area contributed by atoms with E-state index in [9.17, 15) is 14.7 Å². The number of carbonyl (C=O) groups is 2. The van der Waals surface area contributed by atoms with Crippen LogP contribution in [0.2, 0.25) is 0 Å². The Bertz CT molecular complexity index is 383. The van der Waals surface area contributed by atoms with Crippen LogP contribution >= 0.6 is 0 Å². The van der Waals surface area contributed by atoms with Crippen LogP contribution in [-0.2, 0) is 16.0 Å². The summed E-state index contributed by atoms with van der Waals surface area (Å²) in [6.07, 6.45) is -0.387. The highest BCUT2D eigenvalue weighted by molar-refractivity contribution is 6.33. The fourth-order valence-corrected chi connectivity index (χ4v) is 0.950. The standard InChI is InChI=1S/C9H8O5/c10-6-2-1-5(7(11)4-6)3-8(12)9(13)14/h1-2,4,10-11H,3H2,(H,13,14). The molecule has 0 saturated heterocycles. The van der Waals surface area contributed by atoms with Crippen molar-refractivity contribution < 1.29 is 24.9 Å². The van der Waals surface area contributed by atoms with Gasteiger partial charge in [0.2, 0.25) is 5.78 Å². The van der Waals surface area contributed by atoms with Crippen LogP contribution in [0.5, 0.6) is 11.5 Å². The van der Waals surface area contributed by atoms with Gasteiger partial charge in [-0.3, -0.25) is 4.79 Å². The Hall–Kier alpha value is -2.04.